The van der Waals surface area contributed by atoms with Gasteiger partial charge in [-0.05, 0) is 24.8 Å². The molecule has 1 aliphatic rings. The van der Waals surface area contributed by atoms with E-state index in [0.29, 0.717) is 12.5 Å². The summed E-state index contributed by atoms with van der Waals surface area (Å²) < 4.78 is 5.20. The van der Waals surface area contributed by atoms with E-state index in [0.717, 1.165) is 18.2 Å². The van der Waals surface area contributed by atoms with Crippen molar-refractivity contribution in [2.75, 3.05) is 25.1 Å². The molecule has 0 radical (unpaired) electrons. The first-order chi connectivity index (χ1) is 8.38. The summed E-state index contributed by atoms with van der Waals surface area (Å²) in [5, 5.41) is 12.0. The van der Waals surface area contributed by atoms with Gasteiger partial charge in [0.25, 0.3) is 0 Å². The molecule has 1 aliphatic carbocycles. The van der Waals surface area contributed by atoms with E-state index in [9.17, 15) is 0 Å². The topological polar surface area (TPSA) is 54.4 Å². The van der Waals surface area contributed by atoms with Crippen LogP contribution in [0, 0.1) is 5.92 Å². The summed E-state index contributed by atoms with van der Waals surface area (Å²) in [6.45, 7) is 1.35. The van der Waals surface area contributed by atoms with Crippen LogP contribution in [0.3, 0.4) is 0 Å². The first-order valence-electron chi connectivity index (χ1n) is 6.32. The fraction of sp³-hybridized carbons (Fsp3) is 0.615. The molecule has 4 heteroatoms. The first-order valence-corrected chi connectivity index (χ1v) is 6.32. The molecule has 0 bridgehead atoms. The molecule has 4 nitrogen and oxygen atoms in total. The molecule has 0 aromatic carbocycles. The zero-order valence-corrected chi connectivity index (χ0v) is 10.1. The van der Waals surface area contributed by atoms with E-state index in [-0.39, 0.29) is 6.61 Å². The smallest absolute Gasteiger partial charge is 0.213 e. The van der Waals surface area contributed by atoms with Gasteiger partial charge in [0.05, 0.1) is 18.5 Å². The van der Waals surface area contributed by atoms with Gasteiger partial charge in [0.2, 0.25) is 5.88 Å². The molecule has 94 valence electrons. The molecule has 2 rings (SSSR count). The third-order valence-electron chi connectivity index (χ3n) is 3.15. The van der Waals surface area contributed by atoms with Crippen molar-refractivity contribution in [3.05, 3.63) is 18.3 Å². The number of nitrogens with zero attached hydrogens (tertiary/aromatic N) is 1. The third-order valence-corrected chi connectivity index (χ3v) is 3.15. The number of ether oxygens (including phenoxy) is 1. The summed E-state index contributed by atoms with van der Waals surface area (Å²) in [5.41, 5.74) is 1.04. The van der Waals surface area contributed by atoms with Crippen molar-refractivity contribution >= 4 is 5.69 Å². The van der Waals surface area contributed by atoms with E-state index < -0.39 is 0 Å². The summed E-state index contributed by atoms with van der Waals surface area (Å²) in [6, 6.07) is 3.79. The Bertz CT molecular complexity index is 321. The van der Waals surface area contributed by atoms with E-state index in [2.05, 4.69) is 10.3 Å². The number of hydrogen-bond donors (Lipinski definition) is 2. The number of aromatic nitrogens is 1. The van der Waals surface area contributed by atoms with Gasteiger partial charge in [0.1, 0.15) is 6.61 Å². The fourth-order valence-electron chi connectivity index (χ4n) is 2.20. The molecule has 0 aliphatic heterocycles. The van der Waals surface area contributed by atoms with Crippen molar-refractivity contribution in [3.63, 3.8) is 0 Å². The highest BCUT2D eigenvalue weighted by molar-refractivity contribution is 5.42. The highest BCUT2D eigenvalue weighted by Gasteiger charge is 2.14. The Balaban J connectivity index is 1.76. The Morgan fingerprint density at radius 3 is 2.82 bits per heavy atom. The van der Waals surface area contributed by atoms with Crippen LogP contribution >= 0.6 is 0 Å². The second kappa shape index (κ2) is 6.45. The van der Waals surface area contributed by atoms with Crippen LogP contribution in [0.15, 0.2) is 18.3 Å². The second-order valence-corrected chi connectivity index (χ2v) is 4.49. The summed E-state index contributed by atoms with van der Waals surface area (Å²) in [6.07, 6.45) is 7.22. The summed E-state index contributed by atoms with van der Waals surface area (Å²) in [7, 11) is 0. The van der Waals surface area contributed by atoms with Crippen LogP contribution in [0.2, 0.25) is 0 Å². The zero-order valence-electron chi connectivity index (χ0n) is 10.1. The average molecular weight is 236 g/mol. The first kappa shape index (κ1) is 12.2. The number of aliphatic hydroxyl groups is 1. The van der Waals surface area contributed by atoms with E-state index in [1.807, 2.05) is 12.1 Å². The van der Waals surface area contributed by atoms with Crippen molar-refractivity contribution in [3.8, 4) is 5.88 Å². The SMILES string of the molecule is OCCOc1ccc(NCC2CCCC2)cn1. The molecule has 0 atom stereocenters. The van der Waals surface area contributed by atoms with Crippen LogP contribution < -0.4 is 10.1 Å². The Morgan fingerprint density at radius 1 is 1.35 bits per heavy atom. The molecule has 2 N–H and O–H groups in total. The molecule has 1 heterocycles. The number of aliphatic hydroxyl groups excluding tert-OH is 1. The fourth-order valence-corrected chi connectivity index (χ4v) is 2.20. The van der Waals surface area contributed by atoms with Gasteiger partial charge < -0.3 is 15.2 Å². The molecule has 0 spiro atoms. The quantitative estimate of drug-likeness (QED) is 0.793. The standard InChI is InChI=1S/C13H20N2O2/c16-7-8-17-13-6-5-12(10-15-13)14-9-11-3-1-2-4-11/h5-6,10-11,14,16H,1-4,7-9H2. The summed E-state index contributed by atoms with van der Waals surface area (Å²) in [4.78, 5) is 4.17. The second-order valence-electron chi connectivity index (χ2n) is 4.49. The minimum atomic E-state index is 0.0172. The molecule has 0 unspecified atom stereocenters. The minimum Gasteiger partial charge on any atom is -0.475 e. The molecule has 1 fully saturated rings. The largest absolute Gasteiger partial charge is 0.475 e. The Morgan fingerprint density at radius 2 is 2.18 bits per heavy atom. The lowest BCUT2D eigenvalue weighted by Crippen LogP contribution is -2.11. The average Bonchev–Trinajstić information content (AvgIpc) is 2.88. The summed E-state index contributed by atoms with van der Waals surface area (Å²) >= 11 is 0. The lowest BCUT2D eigenvalue weighted by molar-refractivity contribution is 0.196. The van der Waals surface area contributed by atoms with Crippen molar-refractivity contribution < 1.29 is 9.84 Å². The lowest BCUT2D eigenvalue weighted by Gasteiger charge is -2.11. The van der Waals surface area contributed by atoms with Gasteiger partial charge in [-0.15, -0.1) is 0 Å². The number of rotatable bonds is 6. The molecular weight excluding hydrogens is 216 g/mol. The maximum atomic E-state index is 8.62. The van der Waals surface area contributed by atoms with Gasteiger partial charge in [0.15, 0.2) is 0 Å². The van der Waals surface area contributed by atoms with E-state index >= 15 is 0 Å². The van der Waals surface area contributed by atoms with Gasteiger partial charge in [-0.3, -0.25) is 0 Å². The molecule has 1 aromatic heterocycles. The highest BCUT2D eigenvalue weighted by atomic mass is 16.5. The third kappa shape index (κ3) is 3.89. The Kier molecular flexibility index (Phi) is 4.62. The van der Waals surface area contributed by atoms with Crippen LogP contribution in [0.4, 0.5) is 5.69 Å². The van der Waals surface area contributed by atoms with Gasteiger partial charge in [0, 0.05) is 12.6 Å². The molecule has 0 saturated heterocycles. The maximum absolute atomic E-state index is 8.62. The van der Waals surface area contributed by atoms with Crippen LogP contribution in [-0.4, -0.2) is 29.8 Å². The van der Waals surface area contributed by atoms with Gasteiger partial charge in [-0.25, -0.2) is 4.98 Å². The Labute approximate surface area is 102 Å². The van der Waals surface area contributed by atoms with Gasteiger partial charge in [-0.2, -0.15) is 0 Å². The van der Waals surface area contributed by atoms with Crippen LogP contribution in [-0.2, 0) is 0 Å². The van der Waals surface area contributed by atoms with Crippen molar-refractivity contribution in [1.29, 1.82) is 0 Å². The number of pyridine rings is 1. The van der Waals surface area contributed by atoms with Crippen molar-refractivity contribution in [2.45, 2.75) is 25.7 Å². The van der Waals surface area contributed by atoms with E-state index in [1.54, 1.807) is 6.20 Å². The number of hydrogen-bond acceptors (Lipinski definition) is 4. The Hall–Kier alpha value is -1.29. The molecule has 17 heavy (non-hydrogen) atoms. The van der Waals surface area contributed by atoms with Crippen LogP contribution in [0.1, 0.15) is 25.7 Å². The molecule has 0 amide bonds. The highest BCUT2D eigenvalue weighted by Crippen LogP contribution is 2.25. The summed E-state index contributed by atoms with van der Waals surface area (Å²) in [5.74, 6) is 1.38. The maximum Gasteiger partial charge on any atom is 0.213 e. The van der Waals surface area contributed by atoms with Crippen molar-refractivity contribution in [2.24, 2.45) is 5.92 Å². The predicted molar refractivity (Wildman–Crippen MR) is 67.3 cm³/mol. The van der Waals surface area contributed by atoms with E-state index in [4.69, 9.17) is 9.84 Å². The monoisotopic (exact) mass is 236 g/mol. The predicted octanol–water partition coefficient (Wildman–Crippen LogP) is 2.05. The van der Waals surface area contributed by atoms with Crippen LogP contribution in [0.5, 0.6) is 5.88 Å². The minimum absolute atomic E-state index is 0.0172. The normalized spacial score (nSPS) is 16.1. The lowest BCUT2D eigenvalue weighted by atomic mass is 10.1. The van der Waals surface area contributed by atoms with Gasteiger partial charge >= 0.3 is 0 Å². The molecular formula is C13H20N2O2. The molecule has 1 saturated carbocycles. The zero-order chi connectivity index (χ0) is 11.9. The number of nitrogens with one attached hydrogen (secondary N) is 1. The van der Waals surface area contributed by atoms with Crippen molar-refractivity contribution in [1.82, 2.24) is 4.98 Å². The van der Waals surface area contributed by atoms with Crippen LogP contribution in [0.25, 0.3) is 0 Å². The molecule has 1 aromatic rings. The number of anilines is 1. The van der Waals surface area contributed by atoms with Gasteiger partial charge in [-0.1, -0.05) is 12.8 Å². The van der Waals surface area contributed by atoms with E-state index in [1.165, 1.54) is 25.7 Å².